The highest BCUT2D eigenvalue weighted by Crippen LogP contribution is 2.46. The third-order valence-corrected chi connectivity index (χ3v) is 6.00. The second kappa shape index (κ2) is 9.32. The highest BCUT2D eigenvalue weighted by atomic mass is 32.1. The van der Waals surface area contributed by atoms with Gasteiger partial charge in [-0.2, -0.15) is 0 Å². The van der Waals surface area contributed by atoms with Crippen LogP contribution in [0.3, 0.4) is 0 Å². The molecule has 31 heavy (non-hydrogen) atoms. The number of ether oxygens (including phenoxy) is 4. The fourth-order valence-electron chi connectivity index (χ4n) is 3.76. The first-order valence-corrected chi connectivity index (χ1v) is 10.2. The molecule has 164 valence electrons. The maximum Gasteiger partial charge on any atom is 0.332 e. The predicted octanol–water partition coefficient (Wildman–Crippen LogP) is 3.48. The summed E-state index contributed by atoms with van der Waals surface area (Å²) in [6.45, 7) is -0.122. The second-order valence-corrected chi connectivity index (χ2v) is 7.74. The molecule has 1 aliphatic carbocycles. The minimum atomic E-state index is -1.46. The molecular formula is C22H23NO7S. The summed E-state index contributed by atoms with van der Waals surface area (Å²) >= 11 is 1.42. The SMILES string of the molecule is COCC1(C(=O)c2cc(OC)c(OC)c(OC)c2)CC(c2nccs2)=CC=C1C(=O)O. The molecule has 0 amide bonds. The maximum atomic E-state index is 13.9. The highest BCUT2D eigenvalue weighted by Gasteiger charge is 2.48. The fraction of sp³-hybridized carbons (Fsp3) is 0.318. The number of aliphatic carboxylic acids is 1. The van der Waals surface area contributed by atoms with Crippen LogP contribution in [0.5, 0.6) is 17.2 Å². The van der Waals surface area contributed by atoms with Crippen molar-refractivity contribution in [3.05, 3.63) is 52.0 Å². The summed E-state index contributed by atoms with van der Waals surface area (Å²) in [4.78, 5) is 30.3. The van der Waals surface area contributed by atoms with Crippen LogP contribution in [0.1, 0.15) is 21.8 Å². The molecule has 1 aromatic carbocycles. The maximum absolute atomic E-state index is 13.9. The van der Waals surface area contributed by atoms with Gasteiger partial charge in [-0.3, -0.25) is 4.79 Å². The van der Waals surface area contributed by atoms with Crippen molar-refractivity contribution in [2.75, 3.05) is 35.0 Å². The summed E-state index contributed by atoms with van der Waals surface area (Å²) in [6, 6.07) is 3.03. The number of hydrogen-bond acceptors (Lipinski definition) is 8. The summed E-state index contributed by atoms with van der Waals surface area (Å²) < 4.78 is 21.4. The van der Waals surface area contributed by atoms with Gasteiger partial charge in [0.2, 0.25) is 5.75 Å². The van der Waals surface area contributed by atoms with Gasteiger partial charge in [0.05, 0.1) is 38.9 Å². The Morgan fingerprint density at radius 2 is 1.77 bits per heavy atom. The van der Waals surface area contributed by atoms with Gasteiger partial charge in [-0.1, -0.05) is 12.2 Å². The van der Waals surface area contributed by atoms with Crippen LogP contribution in [0.25, 0.3) is 5.57 Å². The van der Waals surface area contributed by atoms with Gasteiger partial charge in [-0.25, -0.2) is 9.78 Å². The van der Waals surface area contributed by atoms with Crippen LogP contribution < -0.4 is 14.2 Å². The molecule has 9 heteroatoms. The molecule has 1 aliphatic rings. The Morgan fingerprint density at radius 3 is 2.26 bits per heavy atom. The first-order valence-electron chi connectivity index (χ1n) is 9.30. The molecule has 3 rings (SSSR count). The van der Waals surface area contributed by atoms with Gasteiger partial charge in [-0.05, 0) is 24.1 Å². The number of allylic oxidation sites excluding steroid dienone is 3. The second-order valence-electron chi connectivity index (χ2n) is 6.85. The van der Waals surface area contributed by atoms with Crippen LogP contribution in [0.15, 0.2) is 41.4 Å². The number of methoxy groups -OCH3 is 4. The molecule has 8 nitrogen and oxygen atoms in total. The van der Waals surface area contributed by atoms with E-state index in [0.29, 0.717) is 17.2 Å². The number of ketones is 1. The van der Waals surface area contributed by atoms with Crippen molar-refractivity contribution in [2.45, 2.75) is 6.42 Å². The molecule has 1 aromatic heterocycles. The van der Waals surface area contributed by atoms with E-state index in [-0.39, 0.29) is 24.2 Å². The Kier molecular flexibility index (Phi) is 6.77. The third kappa shape index (κ3) is 4.06. The number of nitrogens with zero attached hydrogens (tertiary/aromatic N) is 1. The Hall–Kier alpha value is -3.17. The lowest BCUT2D eigenvalue weighted by molar-refractivity contribution is -0.134. The number of carboxylic acid groups (broad SMARTS) is 1. The summed E-state index contributed by atoms with van der Waals surface area (Å²) in [5, 5.41) is 12.5. The third-order valence-electron chi connectivity index (χ3n) is 5.15. The van der Waals surface area contributed by atoms with Gasteiger partial charge in [0.25, 0.3) is 0 Å². The lowest BCUT2D eigenvalue weighted by Crippen LogP contribution is -2.42. The quantitative estimate of drug-likeness (QED) is 0.585. The Bertz CT molecular complexity index is 1020. The van der Waals surface area contributed by atoms with Crippen molar-refractivity contribution in [3.8, 4) is 17.2 Å². The molecule has 0 fully saturated rings. The monoisotopic (exact) mass is 445 g/mol. The molecule has 1 heterocycles. The van der Waals surface area contributed by atoms with E-state index in [9.17, 15) is 14.7 Å². The lowest BCUT2D eigenvalue weighted by atomic mass is 9.68. The van der Waals surface area contributed by atoms with Crippen LogP contribution in [0, 0.1) is 5.41 Å². The van der Waals surface area contributed by atoms with Crippen molar-refractivity contribution >= 4 is 28.7 Å². The molecule has 0 saturated heterocycles. The molecule has 0 saturated carbocycles. The molecule has 0 aliphatic heterocycles. The lowest BCUT2D eigenvalue weighted by Gasteiger charge is -2.35. The van der Waals surface area contributed by atoms with Crippen LogP contribution in [-0.4, -0.2) is 56.9 Å². The molecular weight excluding hydrogens is 422 g/mol. The number of rotatable bonds is 9. The number of hydrogen-bond donors (Lipinski definition) is 1. The Balaban J connectivity index is 2.18. The van der Waals surface area contributed by atoms with Crippen molar-refractivity contribution in [1.82, 2.24) is 4.98 Å². The standard InChI is InChI=1S/C22H23NO7S/c1-27-12-22(11-13(20-23-7-8-31-20)5-6-15(22)21(25)26)19(24)14-9-16(28-2)18(30-4)17(10-14)29-3/h5-10H,11-12H2,1-4H3,(H,25,26). The van der Waals surface area contributed by atoms with Gasteiger partial charge < -0.3 is 24.1 Å². The number of benzene rings is 1. The zero-order valence-corrected chi connectivity index (χ0v) is 18.4. The predicted molar refractivity (Wildman–Crippen MR) is 115 cm³/mol. The smallest absolute Gasteiger partial charge is 0.332 e. The van der Waals surface area contributed by atoms with Gasteiger partial charge >= 0.3 is 5.97 Å². The van der Waals surface area contributed by atoms with E-state index in [4.69, 9.17) is 18.9 Å². The van der Waals surface area contributed by atoms with Gasteiger partial charge in [0.1, 0.15) is 5.01 Å². The molecule has 1 unspecified atom stereocenters. The average molecular weight is 445 g/mol. The number of carbonyl (C=O) groups excluding carboxylic acids is 1. The molecule has 0 spiro atoms. The highest BCUT2D eigenvalue weighted by molar-refractivity contribution is 7.10. The van der Waals surface area contributed by atoms with Gasteiger partial charge in [0, 0.05) is 24.3 Å². The van der Waals surface area contributed by atoms with Gasteiger partial charge in [0.15, 0.2) is 17.3 Å². The first kappa shape index (κ1) is 22.5. The molecule has 2 aromatic rings. The Morgan fingerprint density at radius 1 is 1.10 bits per heavy atom. The van der Waals surface area contributed by atoms with E-state index in [1.165, 1.54) is 58.0 Å². The normalized spacial score (nSPS) is 18.1. The Labute approximate surface area is 183 Å². The van der Waals surface area contributed by atoms with Gasteiger partial charge in [-0.15, -0.1) is 11.3 Å². The number of thiazole rings is 1. The fourth-order valence-corrected chi connectivity index (χ4v) is 4.42. The van der Waals surface area contributed by atoms with E-state index in [1.54, 1.807) is 12.3 Å². The van der Waals surface area contributed by atoms with Crippen LogP contribution in [-0.2, 0) is 9.53 Å². The summed E-state index contributed by atoms with van der Waals surface area (Å²) in [7, 11) is 5.79. The van der Waals surface area contributed by atoms with Crippen LogP contribution >= 0.6 is 11.3 Å². The molecule has 0 radical (unpaired) electrons. The number of carboxylic acids is 1. The van der Waals surface area contributed by atoms with E-state index in [0.717, 1.165) is 10.6 Å². The number of carbonyl (C=O) groups is 2. The van der Waals surface area contributed by atoms with Crippen molar-refractivity contribution < 1.29 is 33.6 Å². The van der Waals surface area contributed by atoms with Crippen molar-refractivity contribution in [2.24, 2.45) is 5.41 Å². The van der Waals surface area contributed by atoms with Crippen LogP contribution in [0.2, 0.25) is 0 Å². The topological polar surface area (TPSA) is 104 Å². The summed E-state index contributed by atoms with van der Waals surface area (Å²) in [5.41, 5.74) is -0.522. The van der Waals surface area contributed by atoms with Crippen molar-refractivity contribution in [3.63, 3.8) is 0 Å². The minimum absolute atomic E-state index is 0.0478. The van der Waals surface area contributed by atoms with E-state index in [1.807, 2.05) is 5.38 Å². The van der Waals surface area contributed by atoms with E-state index >= 15 is 0 Å². The number of Topliss-reactive ketones (excluding diaryl/α,β-unsaturated/α-hetero) is 1. The largest absolute Gasteiger partial charge is 0.493 e. The van der Waals surface area contributed by atoms with Crippen LogP contribution in [0.4, 0.5) is 0 Å². The van der Waals surface area contributed by atoms with Crippen molar-refractivity contribution in [1.29, 1.82) is 0 Å². The first-order chi connectivity index (χ1) is 14.9. The number of aromatic nitrogens is 1. The summed E-state index contributed by atoms with van der Waals surface area (Å²) in [6.07, 6.45) is 4.94. The van der Waals surface area contributed by atoms with E-state index < -0.39 is 17.2 Å². The zero-order valence-electron chi connectivity index (χ0n) is 17.6. The molecule has 1 atom stereocenters. The minimum Gasteiger partial charge on any atom is -0.493 e. The summed E-state index contributed by atoms with van der Waals surface area (Å²) in [5.74, 6) is -0.685. The average Bonchev–Trinajstić information content (AvgIpc) is 3.32. The zero-order chi connectivity index (χ0) is 22.6. The molecule has 1 N–H and O–H groups in total. The van der Waals surface area contributed by atoms with E-state index in [2.05, 4.69) is 4.98 Å². The molecule has 0 bridgehead atoms.